The van der Waals surface area contributed by atoms with Crippen molar-refractivity contribution in [2.45, 2.75) is 11.5 Å². The summed E-state index contributed by atoms with van der Waals surface area (Å²) in [7, 11) is 3.23. The first kappa shape index (κ1) is 11.6. The standard InChI is InChI=1S/C10H16GePS/c1-11(2)13-9-8-12-10-6-4-3-5-7-10/h3-7,12H,8-9H2,1-2H3. The fourth-order valence-corrected chi connectivity index (χ4v) is 7.44. The first-order chi connectivity index (χ1) is 6.29. The van der Waals surface area contributed by atoms with Crippen molar-refractivity contribution in [3.05, 3.63) is 30.3 Å². The fourth-order valence-electron chi connectivity index (χ4n) is 1.01. The summed E-state index contributed by atoms with van der Waals surface area (Å²) in [5.74, 6) is 6.22. The molecule has 0 heterocycles. The summed E-state index contributed by atoms with van der Waals surface area (Å²) in [6.45, 7) is 0. The molecule has 0 saturated carbocycles. The maximum absolute atomic E-state index is 2.43. The molecular formula is C10H16GePS. The van der Waals surface area contributed by atoms with Crippen LogP contribution in [0.25, 0.3) is 0 Å². The van der Waals surface area contributed by atoms with E-state index in [0.29, 0.717) is 0 Å². The molecule has 0 nitrogen and oxygen atoms in total. The Balaban J connectivity index is 2.13. The topological polar surface area (TPSA) is 0 Å². The molecule has 1 atom stereocenters. The van der Waals surface area contributed by atoms with Crippen LogP contribution in [-0.2, 0) is 0 Å². The van der Waals surface area contributed by atoms with Crippen molar-refractivity contribution >= 4 is 37.2 Å². The van der Waals surface area contributed by atoms with Crippen LogP contribution < -0.4 is 5.30 Å². The minimum absolute atomic E-state index is 0.606. The number of rotatable bonds is 5. The third-order valence-corrected chi connectivity index (χ3v) is 9.10. The average molecular weight is 272 g/mol. The Bertz CT molecular complexity index is 226. The van der Waals surface area contributed by atoms with E-state index in [1.807, 2.05) is 0 Å². The Morgan fingerprint density at radius 3 is 2.54 bits per heavy atom. The molecule has 0 spiro atoms. The SMILES string of the molecule is [CH3][Ge]([CH3])[S]CCPc1ccccc1. The Kier molecular flexibility index (Phi) is 6.18. The molecule has 1 unspecified atom stereocenters. The van der Waals surface area contributed by atoms with Crippen LogP contribution in [0.3, 0.4) is 0 Å². The van der Waals surface area contributed by atoms with Crippen molar-refractivity contribution in [2.75, 3.05) is 11.9 Å². The van der Waals surface area contributed by atoms with E-state index in [4.69, 9.17) is 0 Å². The molecular weight excluding hydrogens is 256 g/mol. The summed E-state index contributed by atoms with van der Waals surface area (Å²) < 4.78 is 0. The van der Waals surface area contributed by atoms with Crippen LogP contribution in [0.4, 0.5) is 0 Å². The van der Waals surface area contributed by atoms with Gasteiger partial charge in [-0.25, -0.2) is 0 Å². The summed E-state index contributed by atoms with van der Waals surface area (Å²) in [5.41, 5.74) is 0. The van der Waals surface area contributed by atoms with Crippen LogP contribution in [-0.4, -0.2) is 25.1 Å². The third-order valence-electron chi connectivity index (χ3n) is 1.60. The Hall–Kier alpha value is 0.543. The summed E-state index contributed by atoms with van der Waals surface area (Å²) in [6.07, 6.45) is 1.37. The van der Waals surface area contributed by atoms with E-state index >= 15 is 0 Å². The number of hydrogen-bond donors (Lipinski definition) is 0. The van der Waals surface area contributed by atoms with Gasteiger partial charge in [0.05, 0.1) is 0 Å². The summed E-state index contributed by atoms with van der Waals surface area (Å²) in [5, 5.41) is 1.51. The minimum atomic E-state index is -0.606. The third kappa shape index (κ3) is 5.77. The summed E-state index contributed by atoms with van der Waals surface area (Å²) in [6, 6.07) is 10.8. The second-order valence-corrected chi connectivity index (χ2v) is 15.0. The van der Waals surface area contributed by atoms with Crippen molar-refractivity contribution in [3.63, 3.8) is 0 Å². The van der Waals surface area contributed by atoms with Crippen molar-refractivity contribution in [3.8, 4) is 0 Å². The quantitative estimate of drug-likeness (QED) is 0.451. The second-order valence-electron chi connectivity index (χ2n) is 3.05. The van der Waals surface area contributed by atoms with Crippen LogP contribution in [0, 0.1) is 0 Å². The van der Waals surface area contributed by atoms with Crippen molar-refractivity contribution < 1.29 is 0 Å². The Morgan fingerprint density at radius 2 is 1.92 bits per heavy atom. The van der Waals surface area contributed by atoms with Gasteiger partial charge in [0.2, 0.25) is 0 Å². The second kappa shape index (κ2) is 6.92. The van der Waals surface area contributed by atoms with Crippen molar-refractivity contribution in [1.29, 1.82) is 0 Å². The molecule has 1 rings (SSSR count). The van der Waals surface area contributed by atoms with Crippen molar-refractivity contribution in [2.24, 2.45) is 0 Å². The Morgan fingerprint density at radius 1 is 1.23 bits per heavy atom. The zero-order valence-corrected chi connectivity index (χ0v) is 12.1. The molecule has 0 aliphatic carbocycles. The van der Waals surface area contributed by atoms with E-state index in [-0.39, 0.29) is 0 Å². The van der Waals surface area contributed by atoms with Gasteiger partial charge in [-0.2, -0.15) is 0 Å². The number of benzene rings is 1. The Labute approximate surface area is 90.8 Å². The normalized spacial score (nSPS) is 11.6. The van der Waals surface area contributed by atoms with E-state index < -0.39 is 13.2 Å². The van der Waals surface area contributed by atoms with Gasteiger partial charge in [0, 0.05) is 0 Å². The van der Waals surface area contributed by atoms with Gasteiger partial charge in [-0.1, -0.05) is 0 Å². The van der Waals surface area contributed by atoms with E-state index in [0.717, 1.165) is 8.58 Å². The van der Waals surface area contributed by atoms with Crippen LogP contribution >= 0.6 is 18.7 Å². The molecule has 0 aromatic heterocycles. The molecule has 0 saturated heterocycles. The molecule has 0 bridgehead atoms. The predicted octanol–water partition coefficient (Wildman–Crippen LogP) is 2.97. The predicted molar refractivity (Wildman–Crippen MR) is 69.2 cm³/mol. The molecule has 0 aliphatic heterocycles. The molecule has 13 heavy (non-hydrogen) atoms. The van der Waals surface area contributed by atoms with Gasteiger partial charge in [0.25, 0.3) is 0 Å². The van der Waals surface area contributed by atoms with Gasteiger partial charge in [-0.3, -0.25) is 0 Å². The molecule has 71 valence electrons. The van der Waals surface area contributed by atoms with Gasteiger partial charge < -0.3 is 0 Å². The molecule has 0 aliphatic rings. The van der Waals surface area contributed by atoms with Crippen LogP contribution in [0.2, 0.25) is 11.5 Å². The van der Waals surface area contributed by atoms with Crippen LogP contribution in [0.15, 0.2) is 30.3 Å². The van der Waals surface area contributed by atoms with Gasteiger partial charge in [0.1, 0.15) is 0 Å². The average Bonchev–Trinajstić information content (AvgIpc) is 2.14. The van der Waals surface area contributed by atoms with Crippen LogP contribution in [0.1, 0.15) is 0 Å². The van der Waals surface area contributed by atoms with Gasteiger partial charge in [0.15, 0.2) is 0 Å². The number of hydrogen-bond acceptors (Lipinski definition) is 1. The van der Waals surface area contributed by atoms with E-state index in [1.165, 1.54) is 17.2 Å². The molecule has 1 radical (unpaired) electrons. The first-order valence-electron chi connectivity index (χ1n) is 4.51. The van der Waals surface area contributed by atoms with Crippen molar-refractivity contribution in [1.82, 2.24) is 0 Å². The zero-order chi connectivity index (χ0) is 9.52. The van der Waals surface area contributed by atoms with Crippen LogP contribution in [0.5, 0.6) is 0 Å². The first-order valence-corrected chi connectivity index (χ1v) is 13.5. The molecule has 0 fully saturated rings. The monoisotopic (exact) mass is 273 g/mol. The molecule has 0 N–H and O–H groups in total. The molecule has 1 aromatic carbocycles. The summed E-state index contributed by atoms with van der Waals surface area (Å²) >= 11 is -0.606. The molecule has 0 amide bonds. The van der Waals surface area contributed by atoms with Gasteiger partial charge in [-0.05, 0) is 0 Å². The van der Waals surface area contributed by atoms with Gasteiger partial charge >= 0.3 is 90.9 Å². The zero-order valence-electron chi connectivity index (χ0n) is 8.21. The van der Waals surface area contributed by atoms with Gasteiger partial charge in [-0.15, -0.1) is 0 Å². The van der Waals surface area contributed by atoms with E-state index in [2.05, 4.69) is 51.9 Å². The molecule has 3 heteroatoms. The molecule has 1 aromatic rings. The summed E-state index contributed by atoms with van der Waals surface area (Å²) in [4.78, 5) is 0. The maximum atomic E-state index is 2.43. The van der Waals surface area contributed by atoms with E-state index in [9.17, 15) is 0 Å². The van der Waals surface area contributed by atoms with E-state index in [1.54, 1.807) is 0 Å². The fraction of sp³-hybridized carbons (Fsp3) is 0.400.